The summed E-state index contributed by atoms with van der Waals surface area (Å²) >= 11 is 0. The monoisotopic (exact) mass is 404 g/mol. The van der Waals surface area contributed by atoms with Crippen LogP contribution in [0.1, 0.15) is 5.56 Å². The molecule has 30 heavy (non-hydrogen) atoms. The minimum atomic E-state index is -0.127. The molecule has 2 amide bonds. The SMILES string of the molecule is COc1ccc(C)cc1NC(=O)N1CCN(c2ccc(-c3ccncc3)nn2)CC1. The van der Waals surface area contributed by atoms with E-state index in [9.17, 15) is 4.79 Å². The lowest BCUT2D eigenvalue weighted by molar-refractivity contribution is 0.208. The lowest BCUT2D eigenvalue weighted by atomic mass is 10.2. The molecule has 3 aromatic rings. The van der Waals surface area contributed by atoms with Crippen LogP contribution < -0.4 is 15.0 Å². The van der Waals surface area contributed by atoms with Gasteiger partial charge in [0.05, 0.1) is 18.5 Å². The first-order valence-electron chi connectivity index (χ1n) is 9.83. The number of carbonyl (C=O) groups excluding carboxylic acids is 1. The molecule has 0 radical (unpaired) electrons. The van der Waals surface area contributed by atoms with Crippen molar-refractivity contribution in [1.29, 1.82) is 0 Å². The van der Waals surface area contributed by atoms with Crippen molar-refractivity contribution in [2.24, 2.45) is 0 Å². The van der Waals surface area contributed by atoms with Crippen molar-refractivity contribution in [3.63, 3.8) is 0 Å². The van der Waals surface area contributed by atoms with Gasteiger partial charge in [-0.15, -0.1) is 10.2 Å². The molecule has 0 spiro atoms. The molecule has 1 aliphatic heterocycles. The Hall–Kier alpha value is -3.68. The number of hydrogen-bond acceptors (Lipinski definition) is 6. The summed E-state index contributed by atoms with van der Waals surface area (Å²) in [6.45, 7) is 4.58. The summed E-state index contributed by atoms with van der Waals surface area (Å²) in [6.07, 6.45) is 3.48. The number of nitrogens with one attached hydrogen (secondary N) is 1. The van der Waals surface area contributed by atoms with E-state index >= 15 is 0 Å². The number of aromatic nitrogens is 3. The number of piperazine rings is 1. The lowest BCUT2D eigenvalue weighted by Gasteiger charge is -2.35. The molecule has 8 heteroatoms. The third-order valence-electron chi connectivity index (χ3n) is 5.11. The van der Waals surface area contributed by atoms with Crippen molar-refractivity contribution in [3.8, 4) is 17.0 Å². The van der Waals surface area contributed by atoms with E-state index in [0.717, 1.165) is 22.6 Å². The number of anilines is 2. The Kier molecular flexibility index (Phi) is 5.74. The summed E-state index contributed by atoms with van der Waals surface area (Å²) in [7, 11) is 1.60. The van der Waals surface area contributed by atoms with Crippen LogP contribution in [-0.2, 0) is 0 Å². The summed E-state index contributed by atoms with van der Waals surface area (Å²) in [5, 5.41) is 11.7. The molecule has 0 unspecified atom stereocenters. The fourth-order valence-electron chi connectivity index (χ4n) is 3.42. The predicted octanol–water partition coefficient (Wildman–Crippen LogP) is 3.21. The standard InChI is InChI=1S/C22H24N6O2/c1-16-3-5-20(30-2)19(15-16)24-22(29)28-13-11-27(12-14-28)21-6-4-18(25-26-21)17-7-9-23-10-8-17/h3-10,15H,11-14H2,1-2H3,(H,24,29). The number of pyridine rings is 1. The Morgan fingerprint density at radius 2 is 1.77 bits per heavy atom. The van der Waals surface area contributed by atoms with Gasteiger partial charge in [0.25, 0.3) is 0 Å². The molecule has 8 nitrogen and oxygen atoms in total. The second kappa shape index (κ2) is 8.77. The van der Waals surface area contributed by atoms with Crippen LogP contribution in [0.15, 0.2) is 54.9 Å². The molecule has 2 aromatic heterocycles. The van der Waals surface area contributed by atoms with Crippen molar-refractivity contribution in [1.82, 2.24) is 20.1 Å². The average molecular weight is 404 g/mol. The van der Waals surface area contributed by atoms with Crippen LogP contribution in [0.2, 0.25) is 0 Å². The van der Waals surface area contributed by atoms with E-state index in [-0.39, 0.29) is 6.03 Å². The van der Waals surface area contributed by atoms with Gasteiger partial charge in [-0.2, -0.15) is 0 Å². The highest BCUT2D eigenvalue weighted by atomic mass is 16.5. The van der Waals surface area contributed by atoms with Crippen LogP contribution in [0.25, 0.3) is 11.3 Å². The molecule has 1 fully saturated rings. The molecule has 3 heterocycles. The zero-order valence-electron chi connectivity index (χ0n) is 17.1. The molecule has 1 aromatic carbocycles. The second-order valence-corrected chi connectivity index (χ2v) is 7.12. The van der Waals surface area contributed by atoms with Crippen molar-refractivity contribution in [3.05, 3.63) is 60.4 Å². The third-order valence-corrected chi connectivity index (χ3v) is 5.11. The average Bonchev–Trinajstić information content (AvgIpc) is 2.80. The minimum Gasteiger partial charge on any atom is -0.495 e. The first-order valence-corrected chi connectivity index (χ1v) is 9.83. The van der Waals surface area contributed by atoms with E-state index in [1.807, 2.05) is 49.4 Å². The van der Waals surface area contributed by atoms with Crippen LogP contribution >= 0.6 is 0 Å². The largest absolute Gasteiger partial charge is 0.495 e. The van der Waals surface area contributed by atoms with E-state index in [4.69, 9.17) is 4.74 Å². The fourth-order valence-corrected chi connectivity index (χ4v) is 3.42. The minimum absolute atomic E-state index is 0.127. The molecule has 1 aliphatic rings. The Morgan fingerprint density at radius 3 is 2.43 bits per heavy atom. The molecule has 0 bridgehead atoms. The van der Waals surface area contributed by atoms with E-state index in [2.05, 4.69) is 25.4 Å². The molecule has 0 saturated carbocycles. The van der Waals surface area contributed by atoms with Crippen molar-refractivity contribution in [2.45, 2.75) is 6.92 Å². The van der Waals surface area contributed by atoms with Gasteiger partial charge >= 0.3 is 6.03 Å². The van der Waals surface area contributed by atoms with Gasteiger partial charge in [0.2, 0.25) is 0 Å². The molecular formula is C22H24N6O2. The van der Waals surface area contributed by atoms with E-state index < -0.39 is 0 Å². The van der Waals surface area contributed by atoms with Gasteiger partial charge < -0.3 is 19.9 Å². The van der Waals surface area contributed by atoms with Gasteiger partial charge in [-0.3, -0.25) is 4.98 Å². The van der Waals surface area contributed by atoms with Crippen molar-refractivity contribution < 1.29 is 9.53 Å². The number of benzene rings is 1. The summed E-state index contributed by atoms with van der Waals surface area (Å²) in [6, 6.07) is 13.3. The normalized spacial score (nSPS) is 13.8. The van der Waals surface area contributed by atoms with Crippen LogP contribution in [0.5, 0.6) is 5.75 Å². The van der Waals surface area contributed by atoms with Gasteiger partial charge in [0, 0.05) is 44.1 Å². The van der Waals surface area contributed by atoms with E-state index in [1.165, 1.54) is 0 Å². The number of hydrogen-bond donors (Lipinski definition) is 1. The Labute approximate surface area is 175 Å². The molecule has 1 saturated heterocycles. The Bertz CT molecular complexity index is 1000. The fraction of sp³-hybridized carbons (Fsp3) is 0.273. The summed E-state index contributed by atoms with van der Waals surface area (Å²) in [5.74, 6) is 1.46. The number of rotatable bonds is 4. The topological polar surface area (TPSA) is 83.5 Å². The number of nitrogens with zero attached hydrogens (tertiary/aromatic N) is 5. The summed E-state index contributed by atoms with van der Waals surface area (Å²) in [4.78, 5) is 20.7. The zero-order valence-corrected chi connectivity index (χ0v) is 17.1. The third kappa shape index (κ3) is 4.32. The summed E-state index contributed by atoms with van der Waals surface area (Å²) < 4.78 is 5.34. The molecular weight excluding hydrogens is 380 g/mol. The van der Waals surface area contributed by atoms with Gasteiger partial charge in [-0.1, -0.05) is 6.07 Å². The number of carbonyl (C=O) groups is 1. The van der Waals surface area contributed by atoms with Gasteiger partial charge in [-0.05, 0) is 48.9 Å². The predicted molar refractivity (Wildman–Crippen MR) is 116 cm³/mol. The number of urea groups is 1. The van der Waals surface area contributed by atoms with Crippen LogP contribution in [0.3, 0.4) is 0 Å². The van der Waals surface area contributed by atoms with Gasteiger partial charge in [0.15, 0.2) is 5.82 Å². The maximum absolute atomic E-state index is 12.7. The number of methoxy groups -OCH3 is 1. The lowest BCUT2D eigenvalue weighted by Crippen LogP contribution is -2.50. The Balaban J connectivity index is 1.36. The van der Waals surface area contributed by atoms with E-state index in [1.54, 1.807) is 24.4 Å². The number of amides is 2. The molecule has 0 aliphatic carbocycles. The zero-order chi connectivity index (χ0) is 20.9. The number of ether oxygens (including phenoxy) is 1. The van der Waals surface area contributed by atoms with E-state index in [0.29, 0.717) is 37.6 Å². The second-order valence-electron chi connectivity index (χ2n) is 7.12. The van der Waals surface area contributed by atoms with Gasteiger partial charge in [0.1, 0.15) is 5.75 Å². The van der Waals surface area contributed by atoms with Crippen LogP contribution in [0.4, 0.5) is 16.3 Å². The highest BCUT2D eigenvalue weighted by molar-refractivity contribution is 5.91. The molecule has 0 atom stereocenters. The smallest absolute Gasteiger partial charge is 0.322 e. The van der Waals surface area contributed by atoms with Crippen LogP contribution in [0, 0.1) is 6.92 Å². The maximum atomic E-state index is 12.7. The van der Waals surface area contributed by atoms with Crippen molar-refractivity contribution in [2.75, 3.05) is 43.5 Å². The van der Waals surface area contributed by atoms with Gasteiger partial charge in [-0.25, -0.2) is 4.79 Å². The summed E-state index contributed by atoms with van der Waals surface area (Å²) in [5.41, 5.74) is 3.54. The first kappa shape index (κ1) is 19.6. The molecule has 1 N–H and O–H groups in total. The highest BCUT2D eigenvalue weighted by Gasteiger charge is 2.23. The number of aryl methyl sites for hydroxylation is 1. The highest BCUT2D eigenvalue weighted by Crippen LogP contribution is 2.26. The molecule has 154 valence electrons. The maximum Gasteiger partial charge on any atom is 0.322 e. The quantitative estimate of drug-likeness (QED) is 0.719. The van der Waals surface area contributed by atoms with Crippen molar-refractivity contribution >= 4 is 17.5 Å². The van der Waals surface area contributed by atoms with Crippen LogP contribution in [-0.4, -0.2) is 59.4 Å². The first-order chi connectivity index (χ1) is 14.6. The molecule has 4 rings (SSSR count). The Morgan fingerprint density at radius 1 is 1.00 bits per heavy atom.